The van der Waals surface area contributed by atoms with E-state index in [9.17, 15) is 18.0 Å². The maximum atomic E-state index is 12.5. The summed E-state index contributed by atoms with van der Waals surface area (Å²) in [5.74, 6) is 0.247. The molecule has 0 aliphatic heterocycles. The van der Waals surface area contributed by atoms with Gasteiger partial charge in [-0.05, 0) is 63.1 Å². The van der Waals surface area contributed by atoms with Gasteiger partial charge in [0.2, 0.25) is 0 Å². The highest BCUT2D eigenvalue weighted by Gasteiger charge is 2.30. The van der Waals surface area contributed by atoms with Crippen LogP contribution in [0.4, 0.5) is 13.2 Å². The third-order valence-corrected chi connectivity index (χ3v) is 4.52. The van der Waals surface area contributed by atoms with Crippen LogP contribution in [0.25, 0.3) is 0 Å². The van der Waals surface area contributed by atoms with E-state index in [0.29, 0.717) is 12.5 Å². The topological polar surface area (TPSA) is 46.5 Å². The zero-order valence-electron chi connectivity index (χ0n) is 17.0. The van der Waals surface area contributed by atoms with Crippen LogP contribution in [0, 0.1) is 5.92 Å². The van der Waals surface area contributed by atoms with Gasteiger partial charge >= 0.3 is 12.1 Å². The molecule has 0 unspecified atom stereocenters. The molecule has 3 nitrogen and oxygen atoms in total. The normalized spacial score (nSPS) is 14.9. The third kappa shape index (κ3) is 12.0. The molecule has 6 heteroatoms. The first kappa shape index (κ1) is 24.8. The van der Waals surface area contributed by atoms with Gasteiger partial charge in [-0.2, -0.15) is 13.2 Å². The molecule has 1 aliphatic carbocycles. The summed E-state index contributed by atoms with van der Waals surface area (Å²) in [5.41, 5.74) is -0.670. The molecule has 0 saturated heterocycles. The van der Waals surface area contributed by atoms with Crippen LogP contribution in [-0.4, -0.2) is 17.7 Å². The lowest BCUT2D eigenvalue weighted by Crippen LogP contribution is -2.05. The van der Waals surface area contributed by atoms with Crippen LogP contribution >= 0.6 is 0 Å². The van der Waals surface area contributed by atoms with Crippen molar-refractivity contribution >= 4 is 5.97 Å². The summed E-state index contributed by atoms with van der Waals surface area (Å²) >= 11 is 0. The summed E-state index contributed by atoms with van der Waals surface area (Å²) in [6.07, 6.45) is 11.6. The minimum atomic E-state index is -4.32. The summed E-state index contributed by atoms with van der Waals surface area (Å²) < 4.78 is 42.9. The van der Waals surface area contributed by atoms with Crippen LogP contribution in [-0.2, 0) is 11.0 Å². The van der Waals surface area contributed by atoms with Crippen molar-refractivity contribution in [1.29, 1.82) is 0 Å². The third-order valence-electron chi connectivity index (χ3n) is 4.52. The predicted octanol–water partition coefficient (Wildman–Crippen LogP) is 7.04. The van der Waals surface area contributed by atoms with Crippen molar-refractivity contribution in [2.24, 2.45) is 5.92 Å². The average molecular weight is 412 g/mol. The number of carbonyl (C=O) groups is 1. The van der Waals surface area contributed by atoms with E-state index in [0.717, 1.165) is 31.4 Å². The fourth-order valence-corrected chi connectivity index (χ4v) is 2.98. The van der Waals surface area contributed by atoms with Gasteiger partial charge in [-0.15, -0.1) is 0 Å². The van der Waals surface area contributed by atoms with Gasteiger partial charge in [0.15, 0.2) is 0 Å². The molecule has 29 heavy (non-hydrogen) atoms. The summed E-state index contributed by atoms with van der Waals surface area (Å²) in [7, 11) is 0. The smallest absolute Gasteiger partial charge is 0.416 e. The fourth-order valence-electron chi connectivity index (χ4n) is 2.98. The number of carboxylic acid groups (broad SMARTS) is 1. The van der Waals surface area contributed by atoms with E-state index in [2.05, 4.69) is 12.2 Å². The molecule has 1 aromatic carbocycles. The number of alkyl halides is 3. The van der Waals surface area contributed by atoms with Gasteiger partial charge in [0.25, 0.3) is 0 Å². The van der Waals surface area contributed by atoms with Gasteiger partial charge < -0.3 is 9.84 Å². The Kier molecular flexibility index (Phi) is 11.8. The lowest BCUT2D eigenvalue weighted by Gasteiger charge is -2.09. The number of benzene rings is 1. The highest BCUT2D eigenvalue weighted by atomic mass is 19.4. The van der Waals surface area contributed by atoms with E-state index in [1.807, 2.05) is 19.1 Å². The van der Waals surface area contributed by atoms with Crippen LogP contribution in [0.2, 0.25) is 0 Å². The lowest BCUT2D eigenvalue weighted by molar-refractivity contribution is -0.138. The Balaban J connectivity index is 0.000000396. The molecular formula is C23H31F3O3. The van der Waals surface area contributed by atoms with Crippen molar-refractivity contribution in [1.82, 2.24) is 0 Å². The molecule has 0 radical (unpaired) electrons. The Morgan fingerprint density at radius 2 is 1.93 bits per heavy atom. The van der Waals surface area contributed by atoms with Gasteiger partial charge in [0, 0.05) is 6.42 Å². The van der Waals surface area contributed by atoms with E-state index in [1.54, 1.807) is 6.07 Å². The van der Waals surface area contributed by atoms with Crippen molar-refractivity contribution < 1.29 is 27.8 Å². The average Bonchev–Trinajstić information content (AvgIpc) is 3.18. The van der Waals surface area contributed by atoms with Gasteiger partial charge in [0.1, 0.15) is 5.75 Å². The second-order valence-electron chi connectivity index (χ2n) is 6.99. The molecule has 1 aliphatic rings. The van der Waals surface area contributed by atoms with Gasteiger partial charge in [-0.1, -0.05) is 43.2 Å². The Hall–Kier alpha value is -2.24. The molecule has 0 heterocycles. The monoisotopic (exact) mass is 412 g/mol. The van der Waals surface area contributed by atoms with Crippen LogP contribution in [0.1, 0.15) is 63.9 Å². The van der Waals surface area contributed by atoms with Crippen molar-refractivity contribution in [3.05, 3.63) is 54.1 Å². The van der Waals surface area contributed by atoms with Crippen molar-refractivity contribution in [3.8, 4) is 5.75 Å². The number of rotatable bonds is 9. The van der Waals surface area contributed by atoms with Crippen molar-refractivity contribution in [3.63, 3.8) is 0 Å². The van der Waals surface area contributed by atoms with Crippen LogP contribution < -0.4 is 4.74 Å². The second-order valence-corrected chi connectivity index (χ2v) is 6.99. The maximum absolute atomic E-state index is 12.5. The lowest BCUT2D eigenvalue weighted by atomic mass is 10.1. The minimum absolute atomic E-state index is 0.272. The summed E-state index contributed by atoms with van der Waals surface area (Å²) in [6.45, 7) is 2.34. The molecular weight excluding hydrogens is 381 g/mol. The standard InChI is InChI=1S/C16H19F3O.C7H12O2/c17-16(18,19)14-9-5-10-15(12-14)20-11-4-3-8-13-6-1-2-7-13;1-2-3-4-5-6-7(8)9/h3,5,8-10,12-13H,1-2,4,6-7,11H2;2-3H,4-6H2,1H3,(H,8,9)/b8-3+;3-2-. The van der Waals surface area contributed by atoms with E-state index in [1.165, 1.54) is 31.7 Å². The second kappa shape index (κ2) is 13.9. The van der Waals surface area contributed by atoms with E-state index in [4.69, 9.17) is 9.84 Å². The highest BCUT2D eigenvalue weighted by molar-refractivity contribution is 5.66. The SMILES string of the molecule is C/C=C\CCCC(=O)O.FC(F)(F)c1cccc(OCC/C=C/C2CCCC2)c1. The summed E-state index contributed by atoms with van der Waals surface area (Å²) in [4.78, 5) is 9.94. The first-order chi connectivity index (χ1) is 13.8. The highest BCUT2D eigenvalue weighted by Crippen LogP contribution is 2.31. The molecule has 1 saturated carbocycles. The molecule has 0 amide bonds. The molecule has 2 rings (SSSR count). The Bertz CT molecular complexity index is 645. The van der Waals surface area contributed by atoms with E-state index < -0.39 is 17.7 Å². The molecule has 0 atom stereocenters. The van der Waals surface area contributed by atoms with Crippen molar-refractivity contribution in [2.45, 2.75) is 64.5 Å². The fraction of sp³-hybridized carbons (Fsp3) is 0.522. The number of hydrogen-bond donors (Lipinski definition) is 1. The molecule has 0 spiro atoms. The molecule has 0 aromatic heterocycles. The Labute approximate surface area is 171 Å². The van der Waals surface area contributed by atoms with Gasteiger partial charge in [-0.25, -0.2) is 0 Å². The van der Waals surface area contributed by atoms with Gasteiger partial charge in [0.05, 0.1) is 12.2 Å². The zero-order valence-corrected chi connectivity index (χ0v) is 17.0. The van der Waals surface area contributed by atoms with Gasteiger partial charge in [-0.3, -0.25) is 4.79 Å². The molecule has 1 N–H and O–H groups in total. The van der Waals surface area contributed by atoms with Crippen LogP contribution in [0.3, 0.4) is 0 Å². The molecule has 1 fully saturated rings. The van der Waals surface area contributed by atoms with E-state index in [-0.39, 0.29) is 12.2 Å². The summed E-state index contributed by atoms with van der Waals surface area (Å²) in [6, 6.07) is 5.01. The van der Waals surface area contributed by atoms with Crippen molar-refractivity contribution in [2.75, 3.05) is 6.61 Å². The Morgan fingerprint density at radius 1 is 1.21 bits per heavy atom. The number of ether oxygens (including phenoxy) is 1. The number of aliphatic carboxylic acids is 1. The molecule has 1 aromatic rings. The number of allylic oxidation sites excluding steroid dienone is 3. The largest absolute Gasteiger partial charge is 0.493 e. The first-order valence-electron chi connectivity index (χ1n) is 10.1. The molecule has 162 valence electrons. The van der Waals surface area contributed by atoms with E-state index >= 15 is 0 Å². The number of hydrogen-bond acceptors (Lipinski definition) is 2. The van der Waals surface area contributed by atoms with Crippen LogP contribution in [0.15, 0.2) is 48.6 Å². The number of unbranched alkanes of at least 4 members (excludes halogenated alkanes) is 1. The number of halogens is 3. The Morgan fingerprint density at radius 3 is 2.55 bits per heavy atom. The summed E-state index contributed by atoms with van der Waals surface area (Å²) in [5, 5.41) is 8.19. The zero-order chi connectivity index (χ0) is 21.5. The minimum Gasteiger partial charge on any atom is -0.493 e. The maximum Gasteiger partial charge on any atom is 0.416 e. The number of carboxylic acids is 1. The quantitative estimate of drug-likeness (QED) is 0.349. The van der Waals surface area contributed by atoms with Crippen LogP contribution in [0.5, 0.6) is 5.75 Å². The first-order valence-corrected chi connectivity index (χ1v) is 10.1. The molecule has 0 bridgehead atoms. The predicted molar refractivity (Wildman–Crippen MR) is 109 cm³/mol.